The molecule has 0 saturated carbocycles. The highest BCUT2D eigenvalue weighted by Crippen LogP contribution is 2.28. The van der Waals surface area contributed by atoms with Gasteiger partial charge in [-0.2, -0.15) is 0 Å². The molecule has 2 N–H and O–H groups in total. The van der Waals surface area contributed by atoms with E-state index in [1.165, 1.54) is 17.0 Å². The van der Waals surface area contributed by atoms with Crippen LogP contribution in [-0.4, -0.2) is 35.7 Å². The Bertz CT molecular complexity index is 500. The van der Waals surface area contributed by atoms with E-state index in [-0.39, 0.29) is 28.7 Å². The number of aliphatic hydroxyl groups is 1. The van der Waals surface area contributed by atoms with Gasteiger partial charge >= 0.3 is 6.03 Å². The molecular formula is C13H17Cl2FN2O2. The molecule has 0 bridgehead atoms. The molecule has 0 fully saturated rings. The van der Waals surface area contributed by atoms with Gasteiger partial charge in [-0.05, 0) is 31.5 Å². The number of nitrogens with zero attached hydrogens (tertiary/aromatic N) is 1. The minimum absolute atomic E-state index is 0.0664. The van der Waals surface area contributed by atoms with Crippen molar-refractivity contribution in [3.8, 4) is 0 Å². The Morgan fingerprint density at radius 1 is 1.40 bits per heavy atom. The first-order valence-electron chi connectivity index (χ1n) is 6.06. The highest BCUT2D eigenvalue weighted by Gasteiger charge is 2.19. The molecule has 0 aromatic heterocycles. The molecule has 0 aliphatic rings. The van der Waals surface area contributed by atoms with Crippen LogP contribution >= 0.6 is 23.2 Å². The van der Waals surface area contributed by atoms with Crippen LogP contribution in [-0.2, 0) is 0 Å². The number of likely N-dealkylation sites (N-methyl/N-ethyl adjacent to an activating group) is 1. The minimum Gasteiger partial charge on any atom is -0.394 e. The molecule has 0 aliphatic carbocycles. The van der Waals surface area contributed by atoms with E-state index in [9.17, 15) is 9.18 Å². The molecule has 2 amide bonds. The lowest BCUT2D eigenvalue weighted by atomic mass is 10.1. The third kappa shape index (κ3) is 3.98. The average molecular weight is 323 g/mol. The van der Waals surface area contributed by atoms with Gasteiger partial charge in [-0.3, -0.25) is 0 Å². The summed E-state index contributed by atoms with van der Waals surface area (Å²) in [6.07, 6.45) is 0. The zero-order valence-corrected chi connectivity index (χ0v) is 13.0. The molecule has 112 valence electrons. The zero-order valence-electron chi connectivity index (χ0n) is 11.5. The van der Waals surface area contributed by atoms with Crippen LogP contribution in [0.1, 0.15) is 25.5 Å². The number of carbonyl (C=O) groups is 1. The maximum atomic E-state index is 13.5. The van der Waals surface area contributed by atoms with Gasteiger partial charge in [0.2, 0.25) is 0 Å². The van der Waals surface area contributed by atoms with E-state index in [0.717, 1.165) is 0 Å². The van der Waals surface area contributed by atoms with Crippen molar-refractivity contribution in [2.45, 2.75) is 25.9 Å². The van der Waals surface area contributed by atoms with Gasteiger partial charge in [0.25, 0.3) is 0 Å². The Kier molecular flexibility index (Phi) is 6.05. The maximum absolute atomic E-state index is 13.5. The van der Waals surface area contributed by atoms with E-state index < -0.39 is 11.9 Å². The lowest BCUT2D eigenvalue weighted by molar-refractivity contribution is 0.155. The first-order chi connectivity index (χ1) is 9.27. The van der Waals surface area contributed by atoms with Crippen molar-refractivity contribution in [2.24, 2.45) is 0 Å². The quantitative estimate of drug-likeness (QED) is 0.836. The van der Waals surface area contributed by atoms with Crippen LogP contribution in [0.4, 0.5) is 9.18 Å². The molecule has 0 heterocycles. The number of aliphatic hydroxyl groups excluding tert-OH is 1. The first-order valence-corrected chi connectivity index (χ1v) is 6.82. The average Bonchev–Trinajstić information content (AvgIpc) is 2.40. The van der Waals surface area contributed by atoms with E-state index in [4.69, 9.17) is 28.3 Å². The summed E-state index contributed by atoms with van der Waals surface area (Å²) in [5.74, 6) is -0.593. The molecule has 0 saturated heterocycles. The number of hydrogen-bond acceptors (Lipinski definition) is 2. The Morgan fingerprint density at radius 3 is 2.55 bits per heavy atom. The third-order valence-electron chi connectivity index (χ3n) is 3.09. The Balaban J connectivity index is 2.84. The summed E-state index contributed by atoms with van der Waals surface area (Å²) in [4.78, 5) is 13.3. The number of urea groups is 1. The number of amides is 2. The molecule has 1 aromatic carbocycles. The molecule has 2 atom stereocenters. The van der Waals surface area contributed by atoms with Crippen LogP contribution in [0.5, 0.6) is 0 Å². The molecular weight excluding hydrogens is 306 g/mol. The molecule has 0 radical (unpaired) electrons. The molecule has 0 unspecified atom stereocenters. The van der Waals surface area contributed by atoms with Gasteiger partial charge < -0.3 is 15.3 Å². The van der Waals surface area contributed by atoms with Crippen LogP contribution in [0.2, 0.25) is 10.0 Å². The van der Waals surface area contributed by atoms with Gasteiger partial charge in [-0.25, -0.2) is 9.18 Å². The molecule has 1 rings (SSSR count). The van der Waals surface area contributed by atoms with Crippen molar-refractivity contribution in [3.05, 3.63) is 33.6 Å². The molecule has 20 heavy (non-hydrogen) atoms. The predicted molar refractivity (Wildman–Crippen MR) is 77.7 cm³/mol. The first kappa shape index (κ1) is 17.0. The fourth-order valence-corrected chi connectivity index (χ4v) is 2.10. The van der Waals surface area contributed by atoms with Crippen molar-refractivity contribution in [3.63, 3.8) is 0 Å². The molecule has 1 aromatic rings. The summed E-state index contributed by atoms with van der Waals surface area (Å²) in [7, 11) is 1.56. The summed E-state index contributed by atoms with van der Waals surface area (Å²) in [5, 5.41) is 11.9. The van der Waals surface area contributed by atoms with E-state index in [1.54, 1.807) is 20.9 Å². The van der Waals surface area contributed by atoms with Gasteiger partial charge in [-0.1, -0.05) is 23.2 Å². The largest absolute Gasteiger partial charge is 0.394 e. The summed E-state index contributed by atoms with van der Waals surface area (Å²) < 4.78 is 13.5. The van der Waals surface area contributed by atoms with Crippen molar-refractivity contribution in [2.75, 3.05) is 13.7 Å². The standard InChI is InChI=1S/C13H17Cl2FN2O2/c1-7(6-19)18(3)13(20)17-8(2)9-4-12(16)11(15)5-10(9)14/h4-5,7-8,19H,6H2,1-3H3,(H,17,20)/t7-,8-/m1/s1. The van der Waals surface area contributed by atoms with Crippen LogP contribution in [0.3, 0.4) is 0 Å². The lowest BCUT2D eigenvalue weighted by Crippen LogP contribution is -2.44. The Hall–Kier alpha value is -1.04. The van der Waals surface area contributed by atoms with Crippen LogP contribution in [0.15, 0.2) is 12.1 Å². The van der Waals surface area contributed by atoms with E-state index in [1.807, 2.05) is 0 Å². The number of rotatable bonds is 4. The molecule has 0 spiro atoms. The van der Waals surface area contributed by atoms with Crippen molar-refractivity contribution >= 4 is 29.2 Å². The van der Waals surface area contributed by atoms with Gasteiger partial charge in [0.05, 0.1) is 23.7 Å². The Morgan fingerprint density at radius 2 is 2.00 bits per heavy atom. The van der Waals surface area contributed by atoms with E-state index in [0.29, 0.717) is 5.56 Å². The van der Waals surface area contributed by atoms with Crippen LogP contribution < -0.4 is 5.32 Å². The molecule has 7 heteroatoms. The summed E-state index contributed by atoms with van der Waals surface area (Å²) >= 11 is 11.6. The number of halogens is 3. The van der Waals surface area contributed by atoms with Gasteiger partial charge in [0.15, 0.2) is 0 Å². The highest BCUT2D eigenvalue weighted by molar-refractivity contribution is 6.35. The second-order valence-corrected chi connectivity index (χ2v) is 5.42. The predicted octanol–water partition coefficient (Wildman–Crippen LogP) is 3.22. The topological polar surface area (TPSA) is 52.6 Å². The van der Waals surface area contributed by atoms with Crippen molar-refractivity contribution < 1.29 is 14.3 Å². The van der Waals surface area contributed by atoms with Crippen LogP contribution in [0.25, 0.3) is 0 Å². The second-order valence-electron chi connectivity index (χ2n) is 4.60. The van der Waals surface area contributed by atoms with Crippen molar-refractivity contribution in [1.82, 2.24) is 10.2 Å². The van der Waals surface area contributed by atoms with Crippen molar-refractivity contribution in [1.29, 1.82) is 0 Å². The fourth-order valence-electron chi connectivity index (χ4n) is 1.56. The summed E-state index contributed by atoms with van der Waals surface area (Å²) in [6.45, 7) is 3.25. The highest BCUT2D eigenvalue weighted by atomic mass is 35.5. The number of carbonyl (C=O) groups excluding carboxylic acids is 1. The monoisotopic (exact) mass is 322 g/mol. The second kappa shape index (κ2) is 7.11. The fraction of sp³-hybridized carbons (Fsp3) is 0.462. The zero-order chi connectivity index (χ0) is 15.4. The SMILES string of the molecule is C[C@H](CO)N(C)C(=O)N[C@H](C)c1cc(F)c(Cl)cc1Cl. The summed E-state index contributed by atoms with van der Waals surface area (Å²) in [6, 6.07) is 1.31. The molecule has 4 nitrogen and oxygen atoms in total. The third-order valence-corrected chi connectivity index (χ3v) is 3.71. The van der Waals surface area contributed by atoms with Gasteiger partial charge in [0.1, 0.15) is 5.82 Å². The summed E-state index contributed by atoms with van der Waals surface area (Å²) in [5.41, 5.74) is 0.437. The number of nitrogens with one attached hydrogen (secondary N) is 1. The van der Waals surface area contributed by atoms with E-state index in [2.05, 4.69) is 5.32 Å². The molecule has 0 aliphatic heterocycles. The minimum atomic E-state index is -0.593. The smallest absolute Gasteiger partial charge is 0.317 e. The lowest BCUT2D eigenvalue weighted by Gasteiger charge is -2.26. The Labute approximate surface area is 127 Å². The van der Waals surface area contributed by atoms with E-state index >= 15 is 0 Å². The van der Waals surface area contributed by atoms with Gasteiger partial charge in [0, 0.05) is 12.1 Å². The van der Waals surface area contributed by atoms with Crippen LogP contribution in [0, 0.1) is 5.82 Å². The normalized spacial score (nSPS) is 13.8. The maximum Gasteiger partial charge on any atom is 0.317 e. The van der Waals surface area contributed by atoms with Gasteiger partial charge in [-0.15, -0.1) is 0 Å². The number of benzene rings is 1. The number of hydrogen-bond donors (Lipinski definition) is 2.